The van der Waals surface area contributed by atoms with Crippen LogP contribution >= 0.6 is 0 Å². The standard InChI is InChI=1S/C16H17FN2O4/c17-12-3-1-10(2-4-12)5-6-18-7-11-8-19-14(16(22)23)15(21)13(11)9-20/h1-4,8,18,20-21H,5-7,9H2,(H,22,23). The fourth-order valence-corrected chi connectivity index (χ4v) is 2.17. The number of aliphatic hydroxyl groups excluding tert-OH is 1. The first kappa shape index (κ1) is 16.9. The number of halogens is 1. The Balaban J connectivity index is 1.96. The molecule has 122 valence electrons. The number of hydrogen-bond donors (Lipinski definition) is 4. The van der Waals surface area contributed by atoms with Crippen LogP contribution in [-0.2, 0) is 19.6 Å². The van der Waals surface area contributed by atoms with E-state index in [1.54, 1.807) is 12.1 Å². The SMILES string of the molecule is O=C(O)c1ncc(CNCCc2ccc(F)cc2)c(CO)c1O. The summed E-state index contributed by atoms with van der Waals surface area (Å²) in [7, 11) is 0. The van der Waals surface area contributed by atoms with E-state index in [2.05, 4.69) is 10.3 Å². The Hall–Kier alpha value is -2.51. The van der Waals surface area contributed by atoms with E-state index >= 15 is 0 Å². The summed E-state index contributed by atoms with van der Waals surface area (Å²) in [5, 5.41) is 31.2. The van der Waals surface area contributed by atoms with Crippen molar-refractivity contribution < 1.29 is 24.5 Å². The van der Waals surface area contributed by atoms with Gasteiger partial charge in [0.2, 0.25) is 0 Å². The molecule has 0 fully saturated rings. The second kappa shape index (κ2) is 7.66. The Morgan fingerprint density at radius 1 is 1.26 bits per heavy atom. The second-order valence-corrected chi connectivity index (χ2v) is 4.98. The molecule has 4 N–H and O–H groups in total. The highest BCUT2D eigenvalue weighted by Gasteiger charge is 2.17. The number of carboxylic acids is 1. The van der Waals surface area contributed by atoms with Gasteiger partial charge in [0.05, 0.1) is 6.61 Å². The average molecular weight is 320 g/mol. The van der Waals surface area contributed by atoms with Crippen molar-refractivity contribution in [2.45, 2.75) is 19.6 Å². The van der Waals surface area contributed by atoms with Crippen molar-refractivity contribution >= 4 is 5.97 Å². The maximum atomic E-state index is 12.8. The van der Waals surface area contributed by atoms with Gasteiger partial charge in [0.1, 0.15) is 5.82 Å². The van der Waals surface area contributed by atoms with Crippen molar-refractivity contribution in [2.75, 3.05) is 6.54 Å². The summed E-state index contributed by atoms with van der Waals surface area (Å²) in [6.45, 7) is 0.430. The number of aromatic hydroxyl groups is 1. The van der Waals surface area contributed by atoms with E-state index in [9.17, 15) is 19.4 Å². The predicted molar refractivity (Wildman–Crippen MR) is 80.6 cm³/mol. The van der Waals surface area contributed by atoms with Crippen LogP contribution in [0.1, 0.15) is 27.2 Å². The number of pyridine rings is 1. The maximum absolute atomic E-state index is 12.8. The molecule has 7 heteroatoms. The first-order valence-electron chi connectivity index (χ1n) is 7.02. The van der Waals surface area contributed by atoms with Crippen molar-refractivity contribution in [1.29, 1.82) is 0 Å². The van der Waals surface area contributed by atoms with E-state index in [0.717, 1.165) is 5.56 Å². The van der Waals surface area contributed by atoms with Gasteiger partial charge in [-0.2, -0.15) is 0 Å². The van der Waals surface area contributed by atoms with Gasteiger partial charge in [0, 0.05) is 18.3 Å². The summed E-state index contributed by atoms with van der Waals surface area (Å²) in [6, 6.07) is 6.19. The smallest absolute Gasteiger partial charge is 0.358 e. The molecule has 23 heavy (non-hydrogen) atoms. The van der Waals surface area contributed by atoms with E-state index in [1.165, 1.54) is 18.3 Å². The first-order chi connectivity index (χ1) is 11.0. The van der Waals surface area contributed by atoms with Gasteiger partial charge < -0.3 is 20.6 Å². The Kier molecular flexibility index (Phi) is 5.61. The van der Waals surface area contributed by atoms with Gasteiger partial charge in [-0.25, -0.2) is 14.2 Å². The lowest BCUT2D eigenvalue weighted by Gasteiger charge is -2.11. The largest absolute Gasteiger partial charge is 0.505 e. The molecular weight excluding hydrogens is 303 g/mol. The quantitative estimate of drug-likeness (QED) is 0.576. The molecule has 1 aromatic carbocycles. The lowest BCUT2D eigenvalue weighted by atomic mass is 10.1. The third-order valence-electron chi connectivity index (χ3n) is 3.43. The lowest BCUT2D eigenvalue weighted by molar-refractivity contribution is 0.0686. The van der Waals surface area contributed by atoms with E-state index < -0.39 is 24.0 Å². The molecule has 0 spiro atoms. The van der Waals surface area contributed by atoms with Crippen molar-refractivity contribution in [3.05, 3.63) is 58.7 Å². The van der Waals surface area contributed by atoms with Crippen LogP contribution in [0.3, 0.4) is 0 Å². The number of carboxylic acid groups (broad SMARTS) is 1. The number of nitrogens with one attached hydrogen (secondary N) is 1. The molecule has 0 aliphatic heterocycles. The highest BCUT2D eigenvalue weighted by Crippen LogP contribution is 2.24. The van der Waals surface area contributed by atoms with Gasteiger partial charge in [-0.05, 0) is 36.2 Å². The maximum Gasteiger partial charge on any atom is 0.358 e. The number of aromatic nitrogens is 1. The number of aliphatic hydroxyl groups is 1. The van der Waals surface area contributed by atoms with Crippen LogP contribution in [0.25, 0.3) is 0 Å². The van der Waals surface area contributed by atoms with Crippen LogP contribution < -0.4 is 5.32 Å². The second-order valence-electron chi connectivity index (χ2n) is 4.98. The van der Waals surface area contributed by atoms with Gasteiger partial charge >= 0.3 is 5.97 Å². The zero-order valence-electron chi connectivity index (χ0n) is 12.3. The third-order valence-corrected chi connectivity index (χ3v) is 3.43. The van der Waals surface area contributed by atoms with Crippen molar-refractivity contribution in [3.8, 4) is 5.75 Å². The Morgan fingerprint density at radius 3 is 2.57 bits per heavy atom. The van der Waals surface area contributed by atoms with E-state index in [1.807, 2.05) is 0 Å². The molecule has 1 aromatic heterocycles. The Bertz CT molecular complexity index is 689. The van der Waals surface area contributed by atoms with Gasteiger partial charge in [-0.3, -0.25) is 0 Å². The summed E-state index contributed by atoms with van der Waals surface area (Å²) >= 11 is 0. The molecule has 0 aliphatic carbocycles. The lowest BCUT2D eigenvalue weighted by Crippen LogP contribution is -2.18. The zero-order valence-corrected chi connectivity index (χ0v) is 12.3. The fourth-order valence-electron chi connectivity index (χ4n) is 2.17. The van der Waals surface area contributed by atoms with Crippen LogP contribution in [-0.4, -0.2) is 32.8 Å². The highest BCUT2D eigenvalue weighted by molar-refractivity contribution is 5.89. The summed E-state index contributed by atoms with van der Waals surface area (Å²) in [6.07, 6.45) is 2.00. The monoisotopic (exact) mass is 320 g/mol. The average Bonchev–Trinajstić information content (AvgIpc) is 2.53. The molecule has 0 radical (unpaired) electrons. The molecule has 1 heterocycles. The molecule has 0 amide bonds. The highest BCUT2D eigenvalue weighted by atomic mass is 19.1. The molecule has 2 rings (SSSR count). The van der Waals surface area contributed by atoms with E-state index in [0.29, 0.717) is 25.1 Å². The van der Waals surface area contributed by atoms with Crippen LogP contribution in [0.4, 0.5) is 4.39 Å². The zero-order chi connectivity index (χ0) is 16.8. The normalized spacial score (nSPS) is 10.7. The van der Waals surface area contributed by atoms with E-state index in [4.69, 9.17) is 5.11 Å². The topological polar surface area (TPSA) is 103 Å². The molecular formula is C16H17FN2O4. The van der Waals surface area contributed by atoms with Crippen molar-refractivity contribution in [2.24, 2.45) is 0 Å². The number of rotatable bonds is 7. The van der Waals surface area contributed by atoms with Crippen LogP contribution in [0, 0.1) is 5.82 Å². The first-order valence-corrected chi connectivity index (χ1v) is 7.02. The minimum Gasteiger partial charge on any atom is -0.505 e. The molecule has 0 unspecified atom stereocenters. The summed E-state index contributed by atoms with van der Waals surface area (Å²) in [4.78, 5) is 14.6. The van der Waals surface area contributed by atoms with Crippen LogP contribution in [0.15, 0.2) is 30.5 Å². The molecule has 2 aromatic rings. The van der Waals surface area contributed by atoms with Gasteiger partial charge in [-0.1, -0.05) is 12.1 Å². The summed E-state index contributed by atoms with van der Waals surface area (Å²) in [5.41, 5.74) is 1.16. The van der Waals surface area contributed by atoms with Crippen LogP contribution in [0.2, 0.25) is 0 Å². The minimum absolute atomic E-state index is 0.145. The van der Waals surface area contributed by atoms with Crippen molar-refractivity contribution in [1.82, 2.24) is 10.3 Å². The number of nitrogens with zero attached hydrogens (tertiary/aromatic N) is 1. The van der Waals surface area contributed by atoms with Crippen LogP contribution in [0.5, 0.6) is 5.75 Å². The molecule has 0 aliphatic rings. The van der Waals surface area contributed by atoms with Gasteiger partial charge in [0.25, 0.3) is 0 Å². The predicted octanol–water partition coefficient (Wildman–Crippen LogP) is 1.45. The number of carbonyl (C=O) groups is 1. The fraction of sp³-hybridized carbons (Fsp3) is 0.250. The van der Waals surface area contributed by atoms with Gasteiger partial charge in [-0.15, -0.1) is 0 Å². The molecule has 0 saturated carbocycles. The number of hydrogen-bond acceptors (Lipinski definition) is 5. The van der Waals surface area contributed by atoms with Crippen molar-refractivity contribution in [3.63, 3.8) is 0 Å². The number of aromatic carboxylic acids is 1. The summed E-state index contributed by atoms with van der Waals surface area (Å²) in [5.74, 6) is -2.15. The number of benzene rings is 1. The minimum atomic E-state index is -1.35. The molecule has 0 atom stereocenters. The molecule has 0 bridgehead atoms. The third kappa shape index (κ3) is 4.24. The Morgan fingerprint density at radius 2 is 1.96 bits per heavy atom. The van der Waals surface area contributed by atoms with Gasteiger partial charge in [0.15, 0.2) is 11.4 Å². The molecule has 0 saturated heterocycles. The summed E-state index contributed by atoms with van der Waals surface area (Å²) < 4.78 is 12.8. The molecule has 6 nitrogen and oxygen atoms in total. The Labute approximate surface area is 132 Å². The van der Waals surface area contributed by atoms with E-state index in [-0.39, 0.29) is 11.4 Å².